The van der Waals surface area contributed by atoms with Gasteiger partial charge in [-0.05, 0) is 49.2 Å². The van der Waals surface area contributed by atoms with Crippen molar-refractivity contribution in [3.63, 3.8) is 0 Å². The summed E-state index contributed by atoms with van der Waals surface area (Å²) in [5.41, 5.74) is 1.38. The Morgan fingerprint density at radius 1 is 1.21 bits per heavy atom. The van der Waals surface area contributed by atoms with Crippen LogP contribution in [-0.2, 0) is 11.3 Å². The molecule has 0 radical (unpaired) electrons. The van der Waals surface area contributed by atoms with Crippen LogP contribution in [0.2, 0.25) is 0 Å². The minimum Gasteiger partial charge on any atom is -0.493 e. The summed E-state index contributed by atoms with van der Waals surface area (Å²) in [6.07, 6.45) is 1.36. The highest BCUT2D eigenvalue weighted by Gasteiger charge is 2.15. The highest BCUT2D eigenvalue weighted by atomic mass is 16.5. The Labute approximate surface area is 166 Å². The molecule has 2 aromatic rings. The summed E-state index contributed by atoms with van der Waals surface area (Å²) >= 11 is 0. The molecule has 2 aromatic carbocycles. The average Bonchev–Trinajstić information content (AvgIpc) is 2.72. The molecule has 1 unspecified atom stereocenters. The van der Waals surface area contributed by atoms with Crippen molar-refractivity contribution in [1.29, 1.82) is 5.26 Å². The highest BCUT2D eigenvalue weighted by Crippen LogP contribution is 2.28. The van der Waals surface area contributed by atoms with Gasteiger partial charge in [0.15, 0.2) is 17.6 Å². The van der Waals surface area contributed by atoms with Crippen molar-refractivity contribution in [1.82, 2.24) is 5.32 Å². The number of ether oxygens (including phenoxy) is 3. The van der Waals surface area contributed by atoms with Gasteiger partial charge in [-0.1, -0.05) is 25.5 Å². The van der Waals surface area contributed by atoms with Crippen LogP contribution in [0.1, 0.15) is 37.8 Å². The summed E-state index contributed by atoms with van der Waals surface area (Å²) < 4.78 is 16.7. The Balaban J connectivity index is 1.91. The largest absolute Gasteiger partial charge is 0.493 e. The van der Waals surface area contributed by atoms with E-state index in [4.69, 9.17) is 19.5 Å². The number of amides is 1. The van der Waals surface area contributed by atoms with Crippen LogP contribution < -0.4 is 19.5 Å². The minimum atomic E-state index is -0.688. The van der Waals surface area contributed by atoms with E-state index in [2.05, 4.69) is 12.2 Å². The van der Waals surface area contributed by atoms with Gasteiger partial charge >= 0.3 is 0 Å². The van der Waals surface area contributed by atoms with Crippen LogP contribution in [-0.4, -0.2) is 25.7 Å². The summed E-state index contributed by atoms with van der Waals surface area (Å²) in [5, 5.41) is 11.8. The van der Waals surface area contributed by atoms with E-state index in [9.17, 15) is 4.79 Å². The number of nitrogens with one attached hydrogen (secondary N) is 1. The fourth-order valence-electron chi connectivity index (χ4n) is 2.50. The van der Waals surface area contributed by atoms with Crippen LogP contribution >= 0.6 is 0 Å². The zero-order valence-corrected chi connectivity index (χ0v) is 16.5. The molecule has 1 amide bonds. The van der Waals surface area contributed by atoms with Crippen LogP contribution in [0.3, 0.4) is 0 Å². The predicted octanol–water partition coefficient (Wildman–Crippen LogP) is 3.83. The van der Waals surface area contributed by atoms with E-state index in [-0.39, 0.29) is 5.91 Å². The number of unbranched alkanes of at least 4 members (excludes halogenated alkanes) is 1. The lowest BCUT2D eigenvalue weighted by Gasteiger charge is -2.16. The lowest BCUT2D eigenvalue weighted by molar-refractivity contribution is -0.127. The van der Waals surface area contributed by atoms with Crippen molar-refractivity contribution in [2.45, 2.75) is 39.3 Å². The number of carbonyl (C=O) groups is 1. The third-order valence-corrected chi connectivity index (χ3v) is 4.10. The van der Waals surface area contributed by atoms with Gasteiger partial charge in [0.1, 0.15) is 5.75 Å². The molecule has 6 heteroatoms. The van der Waals surface area contributed by atoms with Crippen molar-refractivity contribution >= 4 is 5.91 Å². The molecule has 0 saturated carbocycles. The molecule has 28 heavy (non-hydrogen) atoms. The van der Waals surface area contributed by atoms with Gasteiger partial charge in [0.05, 0.1) is 25.3 Å². The summed E-state index contributed by atoms with van der Waals surface area (Å²) in [5.74, 6) is 1.57. The standard InChI is InChI=1S/C22H26N2O4/c1-4-5-11-27-20-10-9-18(13-21(20)26-3)15-24-22(25)16(2)28-19-8-6-7-17(12-19)14-23/h6-10,12-13,16H,4-5,11,15H2,1-3H3,(H,24,25). The van der Waals surface area contributed by atoms with Crippen molar-refractivity contribution in [2.75, 3.05) is 13.7 Å². The van der Waals surface area contributed by atoms with E-state index in [0.29, 0.717) is 36.0 Å². The lowest BCUT2D eigenvalue weighted by atomic mass is 10.2. The first-order chi connectivity index (χ1) is 13.6. The Kier molecular flexibility index (Phi) is 8.16. The maximum atomic E-state index is 12.3. The van der Waals surface area contributed by atoms with Gasteiger partial charge in [0.25, 0.3) is 5.91 Å². The molecule has 0 saturated heterocycles. The third kappa shape index (κ3) is 6.20. The number of hydrogen-bond acceptors (Lipinski definition) is 5. The molecule has 1 N–H and O–H groups in total. The van der Waals surface area contributed by atoms with Crippen LogP contribution in [0.15, 0.2) is 42.5 Å². The molecule has 148 valence electrons. The van der Waals surface area contributed by atoms with Gasteiger partial charge < -0.3 is 19.5 Å². The summed E-state index contributed by atoms with van der Waals surface area (Å²) in [4.78, 5) is 12.3. The van der Waals surface area contributed by atoms with Crippen molar-refractivity contribution in [3.05, 3.63) is 53.6 Å². The zero-order chi connectivity index (χ0) is 20.4. The van der Waals surface area contributed by atoms with Crippen LogP contribution in [0, 0.1) is 11.3 Å². The van der Waals surface area contributed by atoms with Gasteiger partial charge in [-0.3, -0.25) is 4.79 Å². The Morgan fingerprint density at radius 2 is 2.04 bits per heavy atom. The van der Waals surface area contributed by atoms with E-state index < -0.39 is 6.10 Å². The van der Waals surface area contributed by atoms with Crippen LogP contribution in [0.25, 0.3) is 0 Å². The highest BCUT2D eigenvalue weighted by molar-refractivity contribution is 5.80. The Hall–Kier alpha value is -3.20. The molecule has 0 aromatic heterocycles. The Bertz CT molecular complexity index is 830. The van der Waals surface area contributed by atoms with Crippen LogP contribution in [0.4, 0.5) is 0 Å². The molecule has 0 aliphatic carbocycles. The molecule has 0 aliphatic rings. The minimum absolute atomic E-state index is 0.246. The molecule has 0 fully saturated rings. The number of rotatable bonds is 10. The van der Waals surface area contributed by atoms with E-state index in [1.54, 1.807) is 38.3 Å². The van der Waals surface area contributed by atoms with Gasteiger partial charge in [-0.25, -0.2) is 0 Å². The van der Waals surface area contributed by atoms with E-state index >= 15 is 0 Å². The quantitative estimate of drug-likeness (QED) is 0.632. The maximum absolute atomic E-state index is 12.3. The average molecular weight is 382 g/mol. The first-order valence-corrected chi connectivity index (χ1v) is 9.31. The second-order valence-corrected chi connectivity index (χ2v) is 6.30. The Morgan fingerprint density at radius 3 is 2.75 bits per heavy atom. The topological polar surface area (TPSA) is 80.6 Å². The number of methoxy groups -OCH3 is 1. The van der Waals surface area contributed by atoms with Gasteiger partial charge in [0, 0.05) is 6.54 Å². The number of nitrogens with zero attached hydrogens (tertiary/aromatic N) is 1. The monoisotopic (exact) mass is 382 g/mol. The number of benzene rings is 2. The van der Waals surface area contributed by atoms with E-state index in [0.717, 1.165) is 18.4 Å². The first-order valence-electron chi connectivity index (χ1n) is 9.31. The summed E-state index contributed by atoms with van der Waals surface area (Å²) in [7, 11) is 1.59. The number of hydrogen-bond donors (Lipinski definition) is 1. The molecule has 2 rings (SSSR count). The molecule has 0 bridgehead atoms. The smallest absolute Gasteiger partial charge is 0.261 e. The van der Waals surface area contributed by atoms with Crippen molar-refractivity contribution in [2.24, 2.45) is 0 Å². The second kappa shape index (κ2) is 10.8. The fraction of sp³-hybridized carbons (Fsp3) is 0.364. The maximum Gasteiger partial charge on any atom is 0.261 e. The first kappa shape index (κ1) is 21.1. The van der Waals surface area contributed by atoms with Gasteiger partial charge in [0.2, 0.25) is 0 Å². The van der Waals surface area contributed by atoms with E-state index in [1.807, 2.05) is 24.3 Å². The number of nitriles is 1. The SMILES string of the molecule is CCCCOc1ccc(CNC(=O)C(C)Oc2cccc(C#N)c2)cc1OC. The van der Waals surface area contributed by atoms with E-state index in [1.165, 1.54) is 0 Å². The molecule has 6 nitrogen and oxygen atoms in total. The van der Waals surface area contributed by atoms with Gasteiger partial charge in [-0.2, -0.15) is 5.26 Å². The normalized spacial score (nSPS) is 11.2. The van der Waals surface area contributed by atoms with Crippen LogP contribution in [0.5, 0.6) is 17.2 Å². The number of carbonyl (C=O) groups excluding carboxylic acids is 1. The molecule has 0 aliphatic heterocycles. The molecular weight excluding hydrogens is 356 g/mol. The van der Waals surface area contributed by atoms with Crippen molar-refractivity contribution in [3.8, 4) is 23.3 Å². The van der Waals surface area contributed by atoms with Crippen molar-refractivity contribution < 1.29 is 19.0 Å². The molecular formula is C22H26N2O4. The second-order valence-electron chi connectivity index (χ2n) is 6.30. The molecule has 1 atom stereocenters. The zero-order valence-electron chi connectivity index (χ0n) is 16.5. The predicted molar refractivity (Wildman–Crippen MR) is 106 cm³/mol. The molecule has 0 spiro atoms. The molecule has 0 heterocycles. The van der Waals surface area contributed by atoms with Gasteiger partial charge in [-0.15, -0.1) is 0 Å². The fourth-order valence-corrected chi connectivity index (χ4v) is 2.50. The summed E-state index contributed by atoms with van der Waals surface area (Å²) in [6, 6.07) is 14.4. The third-order valence-electron chi connectivity index (χ3n) is 4.10. The lowest BCUT2D eigenvalue weighted by Crippen LogP contribution is -2.35. The summed E-state index contributed by atoms with van der Waals surface area (Å²) in [6.45, 7) is 4.76.